The van der Waals surface area contributed by atoms with E-state index < -0.39 is 12.1 Å². The fraction of sp³-hybridized carbons (Fsp3) is 0.0800. The van der Waals surface area contributed by atoms with Crippen molar-refractivity contribution in [1.82, 2.24) is 9.55 Å². The summed E-state index contributed by atoms with van der Waals surface area (Å²) < 4.78 is 7.28. The lowest BCUT2D eigenvalue weighted by atomic mass is 9.98. The van der Waals surface area contributed by atoms with E-state index in [1.54, 1.807) is 29.4 Å². The molecule has 1 aliphatic rings. The molecular formula is C25H19N3O4. The van der Waals surface area contributed by atoms with Gasteiger partial charge in [-0.15, -0.1) is 0 Å². The van der Waals surface area contributed by atoms with E-state index in [0.29, 0.717) is 11.4 Å². The van der Waals surface area contributed by atoms with Crippen molar-refractivity contribution in [3.63, 3.8) is 0 Å². The summed E-state index contributed by atoms with van der Waals surface area (Å²) in [5.41, 5.74) is 5.49. The van der Waals surface area contributed by atoms with Crippen LogP contribution in [0, 0.1) is 0 Å². The van der Waals surface area contributed by atoms with Gasteiger partial charge in [0.1, 0.15) is 6.61 Å². The lowest BCUT2D eigenvalue weighted by Gasteiger charge is -2.16. The Morgan fingerprint density at radius 3 is 2.31 bits per heavy atom. The fourth-order valence-electron chi connectivity index (χ4n) is 4.14. The Bertz CT molecular complexity index is 1270. The average molecular weight is 425 g/mol. The lowest BCUT2D eigenvalue weighted by Crippen LogP contribution is -2.19. The summed E-state index contributed by atoms with van der Waals surface area (Å²) in [6, 6.07) is 20.7. The fourth-order valence-corrected chi connectivity index (χ4v) is 4.14. The van der Waals surface area contributed by atoms with Crippen LogP contribution >= 0.6 is 0 Å². The van der Waals surface area contributed by atoms with Gasteiger partial charge in [0.25, 0.3) is 0 Å². The molecule has 0 saturated carbocycles. The highest BCUT2D eigenvalue weighted by Gasteiger charge is 2.29. The average Bonchev–Trinajstić information content (AvgIpc) is 3.44. The molecule has 0 radical (unpaired) electrons. The zero-order valence-electron chi connectivity index (χ0n) is 16.9. The number of carbonyl (C=O) groups excluding carboxylic acids is 1. The van der Waals surface area contributed by atoms with Crippen molar-refractivity contribution in [2.24, 2.45) is 0 Å². The minimum absolute atomic E-state index is 0.0582. The van der Waals surface area contributed by atoms with E-state index in [-0.39, 0.29) is 18.1 Å². The molecule has 1 aliphatic carbocycles. The maximum Gasteiger partial charge on any atom is 0.411 e. The molecule has 1 amide bonds. The topological polar surface area (TPSA) is 93.5 Å². The third-order valence-corrected chi connectivity index (χ3v) is 5.61. The number of rotatable bonds is 5. The first-order valence-electron chi connectivity index (χ1n) is 10.1. The van der Waals surface area contributed by atoms with Gasteiger partial charge in [0.2, 0.25) is 0 Å². The van der Waals surface area contributed by atoms with E-state index in [4.69, 9.17) is 4.74 Å². The second-order valence-electron chi connectivity index (χ2n) is 7.46. The van der Waals surface area contributed by atoms with Crippen molar-refractivity contribution in [3.8, 4) is 16.8 Å². The van der Waals surface area contributed by atoms with Gasteiger partial charge in [0, 0.05) is 18.3 Å². The highest BCUT2D eigenvalue weighted by molar-refractivity contribution is 5.93. The molecule has 0 bridgehead atoms. The van der Waals surface area contributed by atoms with E-state index in [0.717, 1.165) is 22.3 Å². The Kier molecular flexibility index (Phi) is 4.91. The zero-order valence-corrected chi connectivity index (χ0v) is 16.9. The van der Waals surface area contributed by atoms with Gasteiger partial charge in [0.05, 0.1) is 23.3 Å². The van der Waals surface area contributed by atoms with Gasteiger partial charge in [-0.05, 0) is 40.5 Å². The molecule has 1 heterocycles. The summed E-state index contributed by atoms with van der Waals surface area (Å²) in [7, 11) is 0. The van der Waals surface area contributed by atoms with Gasteiger partial charge in [0.15, 0.2) is 0 Å². The van der Waals surface area contributed by atoms with Gasteiger partial charge in [-0.2, -0.15) is 0 Å². The van der Waals surface area contributed by atoms with Crippen LogP contribution in [0.15, 0.2) is 85.5 Å². The Morgan fingerprint density at radius 1 is 1.00 bits per heavy atom. The predicted molar refractivity (Wildman–Crippen MR) is 119 cm³/mol. The number of carboxylic acid groups (broad SMARTS) is 1. The minimum atomic E-state index is -1.09. The van der Waals surface area contributed by atoms with Gasteiger partial charge in [-0.3, -0.25) is 5.32 Å². The maximum absolute atomic E-state index is 12.7. The minimum Gasteiger partial charge on any atom is -0.478 e. The number of imidazole rings is 1. The van der Waals surface area contributed by atoms with Crippen LogP contribution in [-0.2, 0) is 4.74 Å². The molecule has 0 aliphatic heterocycles. The number of amides is 1. The smallest absolute Gasteiger partial charge is 0.411 e. The normalized spacial score (nSPS) is 12.1. The van der Waals surface area contributed by atoms with Crippen LogP contribution in [0.1, 0.15) is 27.4 Å². The largest absolute Gasteiger partial charge is 0.478 e. The third kappa shape index (κ3) is 3.50. The molecule has 7 heteroatoms. The quantitative estimate of drug-likeness (QED) is 0.473. The summed E-state index contributed by atoms with van der Waals surface area (Å²) in [5, 5.41) is 12.0. The van der Waals surface area contributed by atoms with Crippen molar-refractivity contribution >= 4 is 17.7 Å². The Morgan fingerprint density at radius 2 is 1.69 bits per heavy atom. The summed E-state index contributed by atoms with van der Waals surface area (Å²) in [6.07, 6.45) is 4.22. The highest BCUT2D eigenvalue weighted by atomic mass is 16.5. The number of carbonyl (C=O) groups is 2. The second kappa shape index (κ2) is 8.03. The predicted octanol–water partition coefficient (Wildman–Crippen LogP) is 4.93. The molecule has 0 unspecified atom stereocenters. The number of ether oxygens (including phenoxy) is 1. The number of anilines is 1. The molecule has 3 aromatic carbocycles. The molecule has 7 nitrogen and oxygen atoms in total. The Balaban J connectivity index is 1.37. The Labute approximate surface area is 183 Å². The van der Waals surface area contributed by atoms with Gasteiger partial charge >= 0.3 is 12.1 Å². The van der Waals surface area contributed by atoms with Crippen molar-refractivity contribution < 1.29 is 19.4 Å². The van der Waals surface area contributed by atoms with Crippen molar-refractivity contribution in [3.05, 3.63) is 102 Å². The molecule has 2 N–H and O–H groups in total. The standard InChI is InChI=1S/C25H19N3O4/c29-24(30)16-9-10-23(28-12-11-26-15-28)22(13-16)27-25(31)32-14-21-19-7-3-1-5-17(19)18-6-2-4-8-20(18)21/h1-13,15,21H,14H2,(H,27,31)(H,29,30). The van der Waals surface area contributed by atoms with Crippen molar-refractivity contribution in [2.45, 2.75) is 5.92 Å². The molecule has 0 fully saturated rings. The third-order valence-electron chi connectivity index (χ3n) is 5.61. The maximum atomic E-state index is 12.7. The van der Waals surface area contributed by atoms with Crippen LogP contribution in [0.4, 0.5) is 10.5 Å². The van der Waals surface area contributed by atoms with Gasteiger partial charge < -0.3 is 14.4 Å². The number of aromatic nitrogens is 2. The van der Waals surface area contributed by atoms with Crippen LogP contribution in [0.3, 0.4) is 0 Å². The molecule has 4 aromatic rings. The summed E-state index contributed by atoms with van der Waals surface area (Å²) >= 11 is 0. The van der Waals surface area contributed by atoms with Gasteiger partial charge in [-0.25, -0.2) is 14.6 Å². The number of hydrogen-bond donors (Lipinski definition) is 2. The summed E-state index contributed by atoms with van der Waals surface area (Å²) in [5.74, 6) is -1.15. The van der Waals surface area contributed by atoms with Crippen LogP contribution in [0.25, 0.3) is 16.8 Å². The molecule has 0 spiro atoms. The Hall–Kier alpha value is -4.39. The van der Waals surface area contributed by atoms with E-state index in [1.165, 1.54) is 12.1 Å². The molecule has 1 aromatic heterocycles. The number of nitrogens with one attached hydrogen (secondary N) is 1. The molecule has 5 rings (SSSR count). The zero-order chi connectivity index (χ0) is 22.1. The second-order valence-corrected chi connectivity index (χ2v) is 7.46. The van der Waals surface area contributed by atoms with E-state index in [9.17, 15) is 14.7 Å². The number of nitrogens with zero attached hydrogens (tertiary/aromatic N) is 2. The molecule has 158 valence electrons. The van der Waals surface area contributed by atoms with Crippen molar-refractivity contribution in [1.29, 1.82) is 0 Å². The summed E-state index contributed by atoms with van der Waals surface area (Å²) in [6.45, 7) is 0.166. The number of hydrogen-bond acceptors (Lipinski definition) is 4. The number of benzene rings is 3. The molecule has 32 heavy (non-hydrogen) atoms. The molecule has 0 saturated heterocycles. The van der Waals surface area contributed by atoms with E-state index in [1.807, 2.05) is 24.3 Å². The summed E-state index contributed by atoms with van der Waals surface area (Å²) in [4.78, 5) is 28.1. The van der Waals surface area contributed by atoms with E-state index >= 15 is 0 Å². The number of aromatic carboxylic acids is 1. The SMILES string of the molecule is O=C(Nc1cc(C(=O)O)ccc1-n1ccnc1)OCC1c2ccccc2-c2ccccc21. The lowest BCUT2D eigenvalue weighted by molar-refractivity contribution is 0.0696. The highest BCUT2D eigenvalue weighted by Crippen LogP contribution is 2.44. The first-order valence-corrected chi connectivity index (χ1v) is 10.1. The number of carboxylic acids is 1. The van der Waals surface area contributed by atoms with Crippen LogP contribution in [0.5, 0.6) is 0 Å². The number of fused-ring (bicyclic) bond motifs is 3. The van der Waals surface area contributed by atoms with Crippen LogP contribution < -0.4 is 5.32 Å². The first kappa shape index (κ1) is 19.6. The van der Waals surface area contributed by atoms with Crippen LogP contribution in [0.2, 0.25) is 0 Å². The molecule has 0 atom stereocenters. The molecular weight excluding hydrogens is 406 g/mol. The first-order chi connectivity index (χ1) is 15.6. The van der Waals surface area contributed by atoms with Crippen molar-refractivity contribution in [2.75, 3.05) is 11.9 Å². The van der Waals surface area contributed by atoms with Gasteiger partial charge in [-0.1, -0.05) is 48.5 Å². The monoisotopic (exact) mass is 425 g/mol. The van der Waals surface area contributed by atoms with E-state index in [2.05, 4.69) is 34.6 Å². The van der Waals surface area contributed by atoms with Crippen LogP contribution in [-0.4, -0.2) is 33.3 Å².